The summed E-state index contributed by atoms with van der Waals surface area (Å²) in [5, 5.41) is 0.366. The number of rotatable bonds is 6. The lowest BCUT2D eigenvalue weighted by Gasteiger charge is -2.27. The van der Waals surface area contributed by atoms with E-state index in [2.05, 4.69) is 0 Å². The largest absolute Gasteiger partial charge is 0.296 e. The molecule has 19 heavy (non-hydrogen) atoms. The minimum atomic E-state index is -3.06. The van der Waals surface area contributed by atoms with Crippen LogP contribution in [0.4, 0.5) is 4.39 Å². The van der Waals surface area contributed by atoms with Gasteiger partial charge in [0.2, 0.25) is 0 Å². The number of nitrogens with zero attached hydrogens (tertiary/aromatic N) is 1. The van der Waals surface area contributed by atoms with Gasteiger partial charge in [-0.05, 0) is 25.6 Å². The second-order valence-corrected chi connectivity index (χ2v) is 7.30. The van der Waals surface area contributed by atoms with Crippen molar-refractivity contribution in [2.45, 2.75) is 26.4 Å². The van der Waals surface area contributed by atoms with Crippen molar-refractivity contribution >= 4 is 21.4 Å². The minimum absolute atomic E-state index is 0.0485. The molecule has 1 atom stereocenters. The molecule has 0 aliphatic rings. The number of sulfone groups is 1. The van der Waals surface area contributed by atoms with Crippen molar-refractivity contribution in [3.05, 3.63) is 34.6 Å². The topological polar surface area (TPSA) is 37.4 Å². The maximum atomic E-state index is 13.7. The van der Waals surface area contributed by atoms with Gasteiger partial charge in [-0.3, -0.25) is 4.90 Å². The first kappa shape index (κ1) is 16.4. The van der Waals surface area contributed by atoms with Gasteiger partial charge < -0.3 is 0 Å². The Morgan fingerprint density at radius 1 is 1.42 bits per heavy atom. The third kappa shape index (κ3) is 5.09. The molecule has 0 N–H and O–H groups in total. The zero-order chi connectivity index (χ0) is 14.6. The maximum absolute atomic E-state index is 13.7. The summed E-state index contributed by atoms with van der Waals surface area (Å²) < 4.78 is 36.4. The summed E-state index contributed by atoms with van der Waals surface area (Å²) in [5.41, 5.74) is 0.409. The van der Waals surface area contributed by atoms with Crippen molar-refractivity contribution in [1.29, 1.82) is 0 Å². The monoisotopic (exact) mass is 307 g/mol. The molecule has 1 aromatic carbocycles. The normalized spacial score (nSPS) is 13.8. The van der Waals surface area contributed by atoms with Crippen LogP contribution in [0.5, 0.6) is 0 Å². The summed E-state index contributed by atoms with van der Waals surface area (Å²) in [4.78, 5) is 1.89. The van der Waals surface area contributed by atoms with Crippen LogP contribution in [0, 0.1) is 5.82 Å². The molecule has 0 bridgehead atoms. The van der Waals surface area contributed by atoms with Crippen LogP contribution in [0.1, 0.15) is 19.4 Å². The van der Waals surface area contributed by atoms with Crippen LogP contribution >= 0.6 is 11.6 Å². The van der Waals surface area contributed by atoms with Gasteiger partial charge in [0.15, 0.2) is 0 Å². The number of halogens is 2. The Hall–Kier alpha value is -0.650. The Labute approximate surface area is 119 Å². The van der Waals surface area contributed by atoms with E-state index in [4.69, 9.17) is 11.6 Å². The van der Waals surface area contributed by atoms with Gasteiger partial charge in [-0.15, -0.1) is 0 Å². The number of benzene rings is 1. The van der Waals surface area contributed by atoms with Crippen molar-refractivity contribution in [3.63, 3.8) is 0 Å². The van der Waals surface area contributed by atoms with E-state index in [1.165, 1.54) is 12.3 Å². The van der Waals surface area contributed by atoms with Gasteiger partial charge in [-0.2, -0.15) is 0 Å². The van der Waals surface area contributed by atoms with Gasteiger partial charge in [0, 0.05) is 29.4 Å². The molecule has 0 spiro atoms. The van der Waals surface area contributed by atoms with Gasteiger partial charge in [-0.1, -0.05) is 24.6 Å². The van der Waals surface area contributed by atoms with E-state index in [9.17, 15) is 12.8 Å². The zero-order valence-corrected chi connectivity index (χ0v) is 12.9. The molecule has 6 heteroatoms. The van der Waals surface area contributed by atoms with Gasteiger partial charge in [0.1, 0.15) is 15.7 Å². The maximum Gasteiger partial charge on any atom is 0.148 e. The zero-order valence-electron chi connectivity index (χ0n) is 11.4. The molecule has 0 amide bonds. The van der Waals surface area contributed by atoms with Crippen LogP contribution in [0.15, 0.2) is 18.2 Å². The van der Waals surface area contributed by atoms with Gasteiger partial charge in [0.05, 0.1) is 5.75 Å². The fourth-order valence-corrected chi connectivity index (χ4v) is 3.32. The Morgan fingerprint density at radius 2 is 2.05 bits per heavy atom. The number of hydrogen-bond acceptors (Lipinski definition) is 3. The van der Waals surface area contributed by atoms with E-state index in [0.717, 1.165) is 0 Å². The molecule has 0 aliphatic heterocycles. The lowest BCUT2D eigenvalue weighted by Crippen LogP contribution is -2.37. The molecular weight excluding hydrogens is 289 g/mol. The summed E-state index contributed by atoms with van der Waals surface area (Å²) in [6.45, 7) is 4.66. The second kappa shape index (κ2) is 6.68. The predicted octanol–water partition coefficient (Wildman–Crippen LogP) is 2.73. The average Bonchev–Trinajstić information content (AvgIpc) is 2.26. The molecule has 1 unspecified atom stereocenters. The third-order valence-corrected chi connectivity index (χ3v) is 4.44. The summed E-state index contributed by atoms with van der Waals surface area (Å²) in [6, 6.07) is 4.36. The Balaban J connectivity index is 2.88. The molecule has 0 aliphatic carbocycles. The lowest BCUT2D eigenvalue weighted by atomic mass is 10.1. The molecular formula is C13H19ClFNO2S. The molecule has 0 saturated carbocycles. The number of hydrogen-bond donors (Lipinski definition) is 0. The first-order valence-electron chi connectivity index (χ1n) is 6.09. The molecule has 1 rings (SSSR count). The van der Waals surface area contributed by atoms with Crippen molar-refractivity contribution in [2.24, 2.45) is 0 Å². The summed E-state index contributed by atoms with van der Waals surface area (Å²) in [5.74, 6) is -0.315. The van der Waals surface area contributed by atoms with Crippen LogP contribution in [0.25, 0.3) is 0 Å². The molecule has 0 fully saturated rings. The molecule has 0 aromatic heterocycles. The second-order valence-electron chi connectivity index (χ2n) is 4.70. The van der Waals surface area contributed by atoms with Gasteiger partial charge >= 0.3 is 0 Å². The van der Waals surface area contributed by atoms with Crippen molar-refractivity contribution in [1.82, 2.24) is 4.90 Å². The highest BCUT2D eigenvalue weighted by molar-refractivity contribution is 7.90. The highest BCUT2D eigenvalue weighted by atomic mass is 35.5. The minimum Gasteiger partial charge on any atom is -0.296 e. The predicted molar refractivity (Wildman–Crippen MR) is 76.7 cm³/mol. The highest BCUT2D eigenvalue weighted by Crippen LogP contribution is 2.21. The molecule has 0 radical (unpaired) electrons. The summed E-state index contributed by atoms with van der Waals surface area (Å²) in [7, 11) is -3.06. The van der Waals surface area contributed by atoms with Crippen LogP contribution in [-0.2, 0) is 16.4 Å². The Bertz CT molecular complexity index is 513. The van der Waals surface area contributed by atoms with E-state index < -0.39 is 9.84 Å². The van der Waals surface area contributed by atoms with Crippen LogP contribution in [0.3, 0.4) is 0 Å². The van der Waals surface area contributed by atoms with Crippen molar-refractivity contribution in [3.8, 4) is 0 Å². The Kier molecular flexibility index (Phi) is 5.77. The lowest BCUT2D eigenvalue weighted by molar-refractivity contribution is 0.223. The third-order valence-electron chi connectivity index (χ3n) is 3.00. The van der Waals surface area contributed by atoms with Crippen molar-refractivity contribution in [2.75, 3.05) is 18.6 Å². The van der Waals surface area contributed by atoms with E-state index in [-0.39, 0.29) is 17.6 Å². The fourth-order valence-electron chi connectivity index (χ4n) is 2.01. The summed E-state index contributed by atoms with van der Waals surface area (Å²) >= 11 is 5.98. The standard InChI is InChI=1S/C13H19ClFNO2S/c1-4-16(10(2)9-19(3,17)18)8-11-12(14)6-5-7-13(11)15/h5-7,10H,4,8-9H2,1-3H3. The van der Waals surface area contributed by atoms with E-state index in [1.807, 2.05) is 18.7 Å². The van der Waals surface area contributed by atoms with Crippen LogP contribution in [-0.4, -0.2) is 37.9 Å². The quantitative estimate of drug-likeness (QED) is 0.811. The Morgan fingerprint density at radius 3 is 2.53 bits per heavy atom. The van der Waals surface area contributed by atoms with Crippen LogP contribution in [0.2, 0.25) is 5.02 Å². The molecule has 0 saturated heterocycles. The van der Waals surface area contributed by atoms with E-state index in [0.29, 0.717) is 23.7 Å². The molecule has 108 valence electrons. The van der Waals surface area contributed by atoms with Gasteiger partial charge in [0.25, 0.3) is 0 Å². The highest BCUT2D eigenvalue weighted by Gasteiger charge is 2.19. The van der Waals surface area contributed by atoms with Crippen LogP contribution < -0.4 is 0 Å². The first-order chi connectivity index (χ1) is 8.74. The van der Waals surface area contributed by atoms with Crippen molar-refractivity contribution < 1.29 is 12.8 Å². The average molecular weight is 308 g/mol. The smallest absolute Gasteiger partial charge is 0.148 e. The summed E-state index contributed by atoms with van der Waals surface area (Å²) in [6.07, 6.45) is 1.20. The molecule has 3 nitrogen and oxygen atoms in total. The van der Waals surface area contributed by atoms with Gasteiger partial charge in [-0.25, -0.2) is 12.8 Å². The van der Waals surface area contributed by atoms with E-state index >= 15 is 0 Å². The fraction of sp³-hybridized carbons (Fsp3) is 0.538. The molecule has 1 aromatic rings. The molecule has 0 heterocycles. The SMILES string of the molecule is CCN(Cc1c(F)cccc1Cl)C(C)CS(C)(=O)=O. The van der Waals surface area contributed by atoms with E-state index in [1.54, 1.807) is 12.1 Å². The first-order valence-corrected chi connectivity index (χ1v) is 8.53.